The van der Waals surface area contributed by atoms with Gasteiger partial charge in [-0.2, -0.15) is 4.98 Å². The van der Waals surface area contributed by atoms with Crippen molar-refractivity contribution in [2.75, 3.05) is 0 Å². The fraction of sp³-hybridized carbons (Fsp3) is 0.692. The third-order valence-corrected chi connectivity index (χ3v) is 3.73. The molecule has 2 rings (SSSR count). The maximum Gasteiger partial charge on any atom is 0.329 e. The molecule has 3 N–H and O–H groups in total. The Kier molecular flexibility index (Phi) is 4.44. The molecule has 1 aliphatic carbocycles. The third kappa shape index (κ3) is 3.71. The van der Waals surface area contributed by atoms with Gasteiger partial charge in [0.15, 0.2) is 5.82 Å². The number of nitrogens with zero attached hydrogens (tertiary/aromatic N) is 2. The van der Waals surface area contributed by atoms with Crippen LogP contribution in [0.15, 0.2) is 4.52 Å². The van der Waals surface area contributed by atoms with Gasteiger partial charge in [0, 0.05) is 0 Å². The first-order chi connectivity index (χ1) is 9.91. The highest BCUT2D eigenvalue weighted by Gasteiger charge is 2.43. The van der Waals surface area contributed by atoms with Gasteiger partial charge >= 0.3 is 12.0 Å². The number of carbonyl (C=O) groups excluding carboxylic acids is 1. The first kappa shape index (κ1) is 15.3. The van der Waals surface area contributed by atoms with E-state index in [2.05, 4.69) is 20.8 Å². The van der Waals surface area contributed by atoms with Crippen LogP contribution in [0.2, 0.25) is 0 Å². The smallest absolute Gasteiger partial charge is 0.329 e. The number of hydrogen-bond donors (Lipinski definition) is 3. The molecule has 2 atom stereocenters. The Morgan fingerprint density at radius 1 is 1.52 bits per heavy atom. The van der Waals surface area contributed by atoms with E-state index in [1.807, 2.05) is 6.92 Å². The average Bonchev–Trinajstić information content (AvgIpc) is 2.82. The summed E-state index contributed by atoms with van der Waals surface area (Å²) in [7, 11) is 0. The summed E-state index contributed by atoms with van der Waals surface area (Å²) in [6.07, 6.45) is 2.66. The molecule has 0 aliphatic heterocycles. The van der Waals surface area contributed by atoms with Crippen molar-refractivity contribution in [3.05, 3.63) is 11.7 Å². The van der Waals surface area contributed by atoms with Crippen LogP contribution in [0.3, 0.4) is 0 Å². The number of carboxylic acids is 1. The molecule has 1 heterocycles. The first-order valence-electron chi connectivity index (χ1n) is 7.00. The van der Waals surface area contributed by atoms with E-state index in [4.69, 9.17) is 4.52 Å². The van der Waals surface area contributed by atoms with Gasteiger partial charge in [0.05, 0.1) is 6.54 Å². The Morgan fingerprint density at radius 2 is 2.29 bits per heavy atom. The van der Waals surface area contributed by atoms with Gasteiger partial charge in [-0.05, 0) is 25.7 Å². The molecule has 116 valence electrons. The highest BCUT2D eigenvalue weighted by Crippen LogP contribution is 2.32. The van der Waals surface area contributed by atoms with E-state index in [0.717, 1.165) is 12.8 Å². The molecule has 1 aromatic rings. The summed E-state index contributed by atoms with van der Waals surface area (Å²) in [6, 6.07) is -0.539. The molecule has 1 saturated carbocycles. The van der Waals surface area contributed by atoms with Gasteiger partial charge in [-0.1, -0.05) is 24.9 Å². The van der Waals surface area contributed by atoms with Crippen molar-refractivity contribution in [3.8, 4) is 0 Å². The van der Waals surface area contributed by atoms with Crippen LogP contribution in [-0.4, -0.2) is 32.8 Å². The summed E-state index contributed by atoms with van der Waals surface area (Å²) in [4.78, 5) is 27.4. The lowest BCUT2D eigenvalue weighted by Gasteiger charge is -2.36. The van der Waals surface area contributed by atoms with Crippen LogP contribution < -0.4 is 10.6 Å². The van der Waals surface area contributed by atoms with E-state index in [9.17, 15) is 14.7 Å². The number of nitrogens with one attached hydrogen (secondary N) is 2. The molecule has 0 aromatic carbocycles. The number of aromatic nitrogens is 2. The molecule has 0 spiro atoms. The maximum absolute atomic E-state index is 11.9. The molecule has 0 bridgehead atoms. The Labute approximate surface area is 122 Å². The second kappa shape index (κ2) is 6.11. The normalized spacial score (nSPS) is 25.3. The first-order valence-corrected chi connectivity index (χ1v) is 7.00. The van der Waals surface area contributed by atoms with Gasteiger partial charge in [0.1, 0.15) is 5.54 Å². The lowest BCUT2D eigenvalue weighted by molar-refractivity contribution is -0.146. The molecule has 2 unspecified atom stereocenters. The molecule has 8 nitrogen and oxygen atoms in total. The van der Waals surface area contributed by atoms with Crippen molar-refractivity contribution in [2.24, 2.45) is 5.92 Å². The van der Waals surface area contributed by atoms with E-state index in [1.165, 1.54) is 0 Å². The Bertz CT molecular complexity index is 530. The number of rotatable bonds is 4. The van der Waals surface area contributed by atoms with Crippen molar-refractivity contribution in [1.29, 1.82) is 0 Å². The quantitative estimate of drug-likeness (QED) is 0.768. The van der Waals surface area contributed by atoms with E-state index in [0.29, 0.717) is 18.7 Å². The third-order valence-electron chi connectivity index (χ3n) is 3.73. The van der Waals surface area contributed by atoms with Crippen LogP contribution in [0.1, 0.15) is 44.3 Å². The Balaban J connectivity index is 1.94. The largest absolute Gasteiger partial charge is 0.480 e. The number of carbonyl (C=O) groups is 2. The standard InChI is InChI=1S/C13H20N4O4/c1-8-4-3-5-13(6-8,11(18)19)16-12(20)14-7-10-15-9(2)17-21-10/h8H,3-7H2,1-2H3,(H,18,19)(H2,14,16,20). The predicted octanol–water partition coefficient (Wildman–Crippen LogP) is 1.21. The molecule has 0 radical (unpaired) electrons. The average molecular weight is 296 g/mol. The fourth-order valence-corrected chi connectivity index (χ4v) is 2.74. The Morgan fingerprint density at radius 3 is 2.86 bits per heavy atom. The van der Waals surface area contributed by atoms with E-state index < -0.39 is 17.5 Å². The molecule has 1 aromatic heterocycles. The van der Waals surface area contributed by atoms with Crippen molar-refractivity contribution in [1.82, 2.24) is 20.8 Å². The lowest BCUT2D eigenvalue weighted by Crippen LogP contribution is -2.59. The predicted molar refractivity (Wildman–Crippen MR) is 72.4 cm³/mol. The van der Waals surface area contributed by atoms with Gasteiger partial charge in [0.25, 0.3) is 0 Å². The summed E-state index contributed by atoms with van der Waals surface area (Å²) in [5, 5.41) is 18.2. The number of amides is 2. The van der Waals surface area contributed by atoms with Gasteiger partial charge in [0.2, 0.25) is 5.89 Å². The monoisotopic (exact) mass is 296 g/mol. The van der Waals surface area contributed by atoms with Crippen LogP contribution in [0, 0.1) is 12.8 Å². The highest BCUT2D eigenvalue weighted by atomic mass is 16.5. The zero-order valence-electron chi connectivity index (χ0n) is 12.2. The molecule has 0 saturated heterocycles. The summed E-state index contributed by atoms with van der Waals surface area (Å²) in [5.41, 5.74) is -1.19. The van der Waals surface area contributed by atoms with Gasteiger partial charge < -0.3 is 20.3 Å². The summed E-state index contributed by atoms with van der Waals surface area (Å²) >= 11 is 0. The second-order valence-corrected chi connectivity index (χ2v) is 5.63. The topological polar surface area (TPSA) is 117 Å². The van der Waals surface area contributed by atoms with Crippen LogP contribution in [0.4, 0.5) is 4.79 Å². The molecule has 1 fully saturated rings. The molecular weight excluding hydrogens is 276 g/mol. The van der Waals surface area contributed by atoms with Crippen molar-refractivity contribution < 1.29 is 19.2 Å². The fourth-order valence-electron chi connectivity index (χ4n) is 2.74. The van der Waals surface area contributed by atoms with Crippen molar-refractivity contribution >= 4 is 12.0 Å². The molecule has 2 amide bonds. The van der Waals surface area contributed by atoms with Crippen LogP contribution in [0.25, 0.3) is 0 Å². The SMILES string of the molecule is Cc1noc(CNC(=O)NC2(C(=O)O)CCCC(C)C2)n1. The van der Waals surface area contributed by atoms with E-state index in [-0.39, 0.29) is 18.4 Å². The summed E-state index contributed by atoms with van der Waals surface area (Å²) < 4.78 is 4.87. The van der Waals surface area contributed by atoms with Crippen LogP contribution >= 0.6 is 0 Å². The Hall–Kier alpha value is -2.12. The highest BCUT2D eigenvalue weighted by molar-refractivity contribution is 5.86. The van der Waals surface area contributed by atoms with Gasteiger partial charge in [-0.15, -0.1) is 0 Å². The van der Waals surface area contributed by atoms with Gasteiger partial charge in [-0.25, -0.2) is 9.59 Å². The second-order valence-electron chi connectivity index (χ2n) is 5.63. The number of hydrogen-bond acceptors (Lipinski definition) is 5. The molecule has 1 aliphatic rings. The maximum atomic E-state index is 11.9. The number of aryl methyl sites for hydroxylation is 1. The summed E-state index contributed by atoms with van der Waals surface area (Å²) in [5.74, 6) is 0.0472. The van der Waals surface area contributed by atoms with E-state index >= 15 is 0 Å². The zero-order valence-corrected chi connectivity index (χ0v) is 12.2. The number of urea groups is 1. The number of aliphatic carboxylic acids is 1. The van der Waals surface area contributed by atoms with Gasteiger partial charge in [-0.3, -0.25) is 0 Å². The molecular formula is C13H20N4O4. The van der Waals surface area contributed by atoms with Crippen molar-refractivity contribution in [3.63, 3.8) is 0 Å². The minimum absolute atomic E-state index is 0.0674. The van der Waals surface area contributed by atoms with Crippen LogP contribution in [-0.2, 0) is 11.3 Å². The molecule has 21 heavy (non-hydrogen) atoms. The van der Waals surface area contributed by atoms with Crippen LogP contribution in [0.5, 0.6) is 0 Å². The van der Waals surface area contributed by atoms with Crippen molar-refractivity contribution in [2.45, 2.75) is 51.6 Å². The minimum Gasteiger partial charge on any atom is -0.480 e. The van der Waals surface area contributed by atoms with E-state index in [1.54, 1.807) is 6.92 Å². The lowest BCUT2D eigenvalue weighted by atomic mass is 9.76. The number of carboxylic acid groups (broad SMARTS) is 1. The minimum atomic E-state index is -1.19. The zero-order chi connectivity index (χ0) is 15.5. The molecule has 8 heteroatoms. The summed E-state index contributed by atoms with van der Waals surface area (Å²) in [6.45, 7) is 3.74.